The van der Waals surface area contributed by atoms with E-state index in [1.165, 1.54) is 16.4 Å². The first-order valence-corrected chi connectivity index (χ1v) is 11.1. The maximum absolute atomic E-state index is 13.6. The molecule has 0 aliphatic carbocycles. The number of hydrogen-bond donors (Lipinski definition) is 2. The summed E-state index contributed by atoms with van der Waals surface area (Å²) in [7, 11) is -3.58. The Kier molecular flexibility index (Phi) is 6.54. The molecule has 0 saturated carbocycles. The Bertz CT molecular complexity index is 1000. The van der Waals surface area contributed by atoms with Crippen molar-refractivity contribution < 1.29 is 17.6 Å². The van der Waals surface area contributed by atoms with Gasteiger partial charge in [0.1, 0.15) is 5.82 Å². The maximum Gasteiger partial charge on any atom is 0.243 e. The van der Waals surface area contributed by atoms with Crippen LogP contribution in [0, 0.1) is 19.7 Å². The molecule has 0 atom stereocenters. The van der Waals surface area contributed by atoms with E-state index in [2.05, 4.69) is 10.6 Å². The Morgan fingerprint density at radius 1 is 1.03 bits per heavy atom. The summed E-state index contributed by atoms with van der Waals surface area (Å²) >= 11 is 0. The fourth-order valence-electron chi connectivity index (χ4n) is 3.23. The Hall–Kier alpha value is -2.45. The summed E-state index contributed by atoms with van der Waals surface area (Å²) in [6.45, 7) is 4.45. The van der Waals surface area contributed by atoms with Crippen molar-refractivity contribution in [2.45, 2.75) is 38.0 Å². The van der Waals surface area contributed by atoms with Crippen molar-refractivity contribution in [2.75, 3.05) is 30.3 Å². The van der Waals surface area contributed by atoms with Gasteiger partial charge in [-0.2, -0.15) is 4.31 Å². The van der Waals surface area contributed by atoms with Crippen LogP contribution in [0.15, 0.2) is 41.3 Å². The Balaban J connectivity index is 1.69. The Morgan fingerprint density at radius 2 is 1.72 bits per heavy atom. The van der Waals surface area contributed by atoms with E-state index in [-0.39, 0.29) is 23.2 Å². The number of hydrogen-bond acceptors (Lipinski definition) is 4. The molecule has 1 aliphatic rings. The fraction of sp³-hybridized carbons (Fsp3) is 0.381. The van der Waals surface area contributed by atoms with Crippen LogP contribution < -0.4 is 10.6 Å². The lowest BCUT2D eigenvalue weighted by Crippen LogP contribution is -2.35. The van der Waals surface area contributed by atoms with Crippen molar-refractivity contribution in [1.82, 2.24) is 4.31 Å². The van der Waals surface area contributed by atoms with E-state index in [0.717, 1.165) is 24.8 Å². The van der Waals surface area contributed by atoms with Gasteiger partial charge in [0, 0.05) is 24.5 Å². The van der Waals surface area contributed by atoms with Crippen molar-refractivity contribution in [3.63, 3.8) is 0 Å². The van der Waals surface area contributed by atoms with Crippen LogP contribution in [0.3, 0.4) is 0 Å². The fourth-order valence-corrected chi connectivity index (χ4v) is 4.77. The highest BCUT2D eigenvalue weighted by atomic mass is 32.2. The first-order chi connectivity index (χ1) is 13.8. The second-order valence-corrected chi connectivity index (χ2v) is 9.25. The molecule has 1 heterocycles. The van der Waals surface area contributed by atoms with Crippen molar-refractivity contribution in [3.05, 3.63) is 53.3 Å². The average Bonchev–Trinajstić information content (AvgIpc) is 2.71. The quantitative estimate of drug-likeness (QED) is 0.749. The van der Waals surface area contributed by atoms with Gasteiger partial charge in [-0.15, -0.1) is 0 Å². The average molecular weight is 420 g/mol. The summed E-state index contributed by atoms with van der Waals surface area (Å²) < 4.78 is 40.9. The van der Waals surface area contributed by atoms with Crippen molar-refractivity contribution >= 4 is 27.3 Å². The molecule has 6 nitrogen and oxygen atoms in total. The zero-order valence-corrected chi connectivity index (χ0v) is 17.5. The molecule has 1 amide bonds. The zero-order chi connectivity index (χ0) is 21.0. The molecule has 0 spiro atoms. The summed E-state index contributed by atoms with van der Waals surface area (Å²) in [5, 5.41) is 5.61. The summed E-state index contributed by atoms with van der Waals surface area (Å²) in [6, 6.07) is 9.43. The molecule has 2 N–H and O–H groups in total. The minimum Gasteiger partial charge on any atom is -0.376 e. The zero-order valence-electron chi connectivity index (χ0n) is 16.7. The number of carbonyl (C=O) groups is 1. The second-order valence-electron chi connectivity index (χ2n) is 7.31. The van der Waals surface area contributed by atoms with E-state index in [4.69, 9.17) is 0 Å². The third-order valence-electron chi connectivity index (χ3n) is 5.06. The van der Waals surface area contributed by atoms with E-state index in [0.29, 0.717) is 30.0 Å². The smallest absolute Gasteiger partial charge is 0.243 e. The highest BCUT2D eigenvalue weighted by molar-refractivity contribution is 7.89. The molecule has 156 valence electrons. The third-order valence-corrected chi connectivity index (χ3v) is 6.96. The van der Waals surface area contributed by atoms with Crippen LogP contribution in [0.2, 0.25) is 0 Å². The van der Waals surface area contributed by atoms with E-state index in [1.54, 1.807) is 38.1 Å². The molecule has 0 aromatic heterocycles. The predicted molar refractivity (Wildman–Crippen MR) is 112 cm³/mol. The van der Waals surface area contributed by atoms with Crippen LogP contribution in [0.25, 0.3) is 0 Å². The molecule has 1 aliphatic heterocycles. The van der Waals surface area contributed by atoms with Crippen LogP contribution in [-0.4, -0.2) is 38.3 Å². The van der Waals surface area contributed by atoms with Crippen LogP contribution in [0.4, 0.5) is 15.8 Å². The minimum absolute atomic E-state index is 0.0644. The number of anilines is 2. The summed E-state index contributed by atoms with van der Waals surface area (Å²) in [5.74, 6) is -0.691. The van der Waals surface area contributed by atoms with Gasteiger partial charge in [0.15, 0.2) is 0 Å². The molecule has 3 rings (SSSR count). The number of piperidine rings is 1. The van der Waals surface area contributed by atoms with Crippen LogP contribution >= 0.6 is 0 Å². The van der Waals surface area contributed by atoms with E-state index in [9.17, 15) is 17.6 Å². The van der Waals surface area contributed by atoms with Gasteiger partial charge in [-0.3, -0.25) is 4.79 Å². The van der Waals surface area contributed by atoms with Crippen molar-refractivity contribution in [3.8, 4) is 0 Å². The van der Waals surface area contributed by atoms with Crippen molar-refractivity contribution in [2.24, 2.45) is 0 Å². The van der Waals surface area contributed by atoms with Gasteiger partial charge in [-0.25, -0.2) is 12.8 Å². The van der Waals surface area contributed by atoms with E-state index >= 15 is 0 Å². The Morgan fingerprint density at radius 3 is 2.41 bits per heavy atom. The van der Waals surface area contributed by atoms with Crippen molar-refractivity contribution in [1.29, 1.82) is 0 Å². The van der Waals surface area contributed by atoms with E-state index < -0.39 is 10.0 Å². The minimum atomic E-state index is -3.58. The molecule has 1 saturated heterocycles. The molecule has 2 aromatic carbocycles. The summed E-state index contributed by atoms with van der Waals surface area (Å²) in [5.41, 5.74) is 2.24. The number of nitrogens with one attached hydrogen (secondary N) is 2. The van der Waals surface area contributed by atoms with Gasteiger partial charge < -0.3 is 10.6 Å². The van der Waals surface area contributed by atoms with Crippen LogP contribution in [0.1, 0.15) is 30.4 Å². The molecule has 8 heteroatoms. The molecule has 29 heavy (non-hydrogen) atoms. The second kappa shape index (κ2) is 8.92. The highest BCUT2D eigenvalue weighted by Gasteiger charge is 2.26. The standard InChI is InChI=1S/C21H26FN3O3S/c1-15-6-8-17(12-19(15)22)23-14-21(26)24-20-13-18(9-7-16(20)2)29(27,28)25-10-4-3-5-11-25/h6-9,12-13,23H,3-5,10-11,14H2,1-2H3,(H,24,26). The largest absolute Gasteiger partial charge is 0.376 e. The molecule has 0 bridgehead atoms. The molecule has 1 fully saturated rings. The normalized spacial score (nSPS) is 15.1. The first-order valence-electron chi connectivity index (χ1n) is 9.68. The maximum atomic E-state index is 13.6. The number of halogens is 1. The van der Waals surface area contributed by atoms with Gasteiger partial charge in [0.05, 0.1) is 11.4 Å². The van der Waals surface area contributed by atoms with Gasteiger partial charge >= 0.3 is 0 Å². The van der Waals surface area contributed by atoms with Gasteiger partial charge in [0.2, 0.25) is 15.9 Å². The molecule has 0 unspecified atom stereocenters. The number of amides is 1. The van der Waals surface area contributed by atoms with Gasteiger partial charge in [-0.1, -0.05) is 18.6 Å². The number of aryl methyl sites for hydroxylation is 2. The monoisotopic (exact) mass is 419 g/mol. The SMILES string of the molecule is Cc1ccc(NCC(=O)Nc2cc(S(=O)(=O)N3CCCCC3)ccc2C)cc1F. The topological polar surface area (TPSA) is 78.5 Å². The molecular formula is C21H26FN3O3S. The lowest BCUT2D eigenvalue weighted by molar-refractivity contribution is -0.114. The first kappa shape index (κ1) is 21.3. The molecular weight excluding hydrogens is 393 g/mol. The lowest BCUT2D eigenvalue weighted by atomic mass is 10.2. The molecule has 0 radical (unpaired) electrons. The number of rotatable bonds is 6. The number of carbonyl (C=O) groups excluding carboxylic acids is 1. The van der Waals surface area contributed by atoms with Crippen LogP contribution in [-0.2, 0) is 14.8 Å². The summed E-state index contributed by atoms with van der Waals surface area (Å²) in [6.07, 6.45) is 2.76. The highest BCUT2D eigenvalue weighted by Crippen LogP contribution is 2.25. The number of benzene rings is 2. The van der Waals surface area contributed by atoms with Crippen LogP contribution in [0.5, 0.6) is 0 Å². The van der Waals surface area contributed by atoms with Gasteiger partial charge in [0.25, 0.3) is 0 Å². The third kappa shape index (κ3) is 5.13. The molecule has 2 aromatic rings. The Labute approximate surface area is 171 Å². The number of sulfonamides is 1. The summed E-state index contributed by atoms with van der Waals surface area (Å²) in [4.78, 5) is 12.5. The van der Waals surface area contributed by atoms with Gasteiger partial charge in [-0.05, 0) is 62.1 Å². The lowest BCUT2D eigenvalue weighted by Gasteiger charge is -2.26. The number of nitrogens with zero attached hydrogens (tertiary/aromatic N) is 1. The predicted octanol–water partition coefficient (Wildman–Crippen LogP) is 3.67. The van der Waals surface area contributed by atoms with E-state index in [1.807, 2.05) is 0 Å².